The van der Waals surface area contributed by atoms with Crippen LogP contribution in [0.1, 0.15) is 12.6 Å². The summed E-state index contributed by atoms with van der Waals surface area (Å²) in [6.45, 7) is 11.0. The third kappa shape index (κ3) is 3.63. The Morgan fingerprint density at radius 3 is 2.72 bits per heavy atom. The molecule has 2 aliphatic heterocycles. The van der Waals surface area contributed by atoms with E-state index in [0.29, 0.717) is 5.82 Å². The van der Waals surface area contributed by atoms with Crippen molar-refractivity contribution in [1.29, 1.82) is 0 Å². The molecule has 2 aliphatic rings. The maximum atomic E-state index is 10.6. The molecular weight excluding hydrogens is 337 g/mol. The van der Waals surface area contributed by atoms with Gasteiger partial charge in [0.05, 0.1) is 6.10 Å². The molecule has 0 bridgehead atoms. The highest BCUT2D eigenvalue weighted by Crippen LogP contribution is 2.41. The first kappa shape index (κ1) is 18.5. The Morgan fingerprint density at radius 2 is 2.08 bits per heavy atom. The van der Waals surface area contributed by atoms with Gasteiger partial charge in [-0.25, -0.2) is 4.99 Å². The summed E-state index contributed by atoms with van der Waals surface area (Å²) in [7, 11) is 0. The predicted molar refractivity (Wildman–Crippen MR) is 102 cm³/mol. The summed E-state index contributed by atoms with van der Waals surface area (Å²) >= 11 is 0. The molecule has 1 aromatic rings. The van der Waals surface area contributed by atoms with Crippen molar-refractivity contribution in [1.82, 2.24) is 9.88 Å². The van der Waals surface area contributed by atoms with Gasteiger partial charge in [0.15, 0.2) is 6.23 Å². The van der Waals surface area contributed by atoms with Gasteiger partial charge in [-0.1, -0.05) is 13.5 Å². The molecule has 25 heavy (non-hydrogen) atoms. The second kappa shape index (κ2) is 6.44. The van der Waals surface area contributed by atoms with E-state index in [0.717, 1.165) is 22.6 Å². The van der Waals surface area contributed by atoms with Crippen LogP contribution in [0.15, 0.2) is 23.5 Å². The van der Waals surface area contributed by atoms with E-state index >= 15 is 0 Å². The zero-order valence-electron chi connectivity index (χ0n) is 15.3. The summed E-state index contributed by atoms with van der Waals surface area (Å²) in [6.07, 6.45) is 3.89. The van der Waals surface area contributed by atoms with Gasteiger partial charge in [-0.05, 0) is 38.4 Å². The molecule has 1 saturated heterocycles. The van der Waals surface area contributed by atoms with Crippen molar-refractivity contribution in [3.63, 3.8) is 0 Å². The number of nitrogens with one attached hydrogen (secondary N) is 1. The topological polar surface area (TPSA) is 81.1 Å². The van der Waals surface area contributed by atoms with Gasteiger partial charge < -0.3 is 24.8 Å². The molecule has 6 nitrogen and oxygen atoms in total. The maximum absolute atomic E-state index is 10.6. The van der Waals surface area contributed by atoms with Crippen LogP contribution in [0.3, 0.4) is 0 Å². The zero-order valence-corrected chi connectivity index (χ0v) is 16.2. The molecule has 138 valence electrons. The number of aromatic nitrogens is 1. The quantitative estimate of drug-likeness (QED) is 0.669. The van der Waals surface area contributed by atoms with E-state index in [9.17, 15) is 10.2 Å². The summed E-state index contributed by atoms with van der Waals surface area (Å²) in [5, 5.41) is 22.0. The SMILES string of the molecule is C=C1N=c2[nH]c(C)cc2=CN1[C@@H]1O[C@H](C(C)CP(=C)(C)C)[C@@H](O)[C@H]1O. The molecular formula is C18H28N3O3P. The molecule has 1 unspecified atom stereocenters. The number of hydrogen-bond donors (Lipinski definition) is 3. The Balaban J connectivity index is 1.85. The molecule has 3 rings (SSSR count). The van der Waals surface area contributed by atoms with Crippen molar-refractivity contribution >= 4 is 19.4 Å². The van der Waals surface area contributed by atoms with Gasteiger partial charge in [-0.2, -0.15) is 0 Å². The van der Waals surface area contributed by atoms with Crippen LogP contribution in [0.2, 0.25) is 0 Å². The third-order valence-corrected chi connectivity index (χ3v) is 6.24. The average molecular weight is 365 g/mol. The lowest BCUT2D eigenvalue weighted by Gasteiger charge is -2.30. The van der Waals surface area contributed by atoms with Crippen molar-refractivity contribution in [2.24, 2.45) is 10.9 Å². The standard InChI is InChI=1S/C18H28N3O3P/c1-10(9-25(4,5)6)16-14(22)15(23)18(24-16)21-8-13-7-11(2)19-17(13)20-12(21)3/h7-8,10,14-16,18,22-23H,3-4,9H2,1-2,5-6H3,(H,19,20)/t10?,14-,15+,16+,18+/m0/s1. The fourth-order valence-electron chi connectivity index (χ4n) is 3.69. The molecule has 0 amide bonds. The van der Waals surface area contributed by atoms with Gasteiger partial charge >= 0.3 is 0 Å². The van der Waals surface area contributed by atoms with Crippen molar-refractivity contribution in [2.75, 3.05) is 19.5 Å². The van der Waals surface area contributed by atoms with Gasteiger partial charge in [0.1, 0.15) is 23.5 Å². The van der Waals surface area contributed by atoms with Crippen molar-refractivity contribution in [2.45, 2.75) is 38.4 Å². The number of H-pyrrole nitrogens is 1. The Kier molecular flexibility index (Phi) is 4.75. The normalized spacial score (nSPS) is 30.6. The number of aliphatic hydroxyl groups is 2. The summed E-state index contributed by atoms with van der Waals surface area (Å²) in [6, 6.07) is 1.98. The Bertz CT molecular complexity index is 840. The number of hydrogen-bond acceptors (Lipinski definition) is 5. The van der Waals surface area contributed by atoms with E-state index in [1.165, 1.54) is 0 Å². The molecule has 0 aromatic carbocycles. The Hall–Kier alpha value is -1.33. The van der Waals surface area contributed by atoms with Crippen LogP contribution in [0.4, 0.5) is 0 Å². The summed E-state index contributed by atoms with van der Waals surface area (Å²) in [4.78, 5) is 9.33. The highest BCUT2D eigenvalue weighted by Gasteiger charge is 2.47. The van der Waals surface area contributed by atoms with Crippen molar-refractivity contribution in [3.8, 4) is 0 Å². The zero-order chi connectivity index (χ0) is 18.5. The number of aliphatic hydroxyl groups excluding tert-OH is 2. The van der Waals surface area contributed by atoms with Crippen LogP contribution in [0, 0.1) is 12.8 Å². The van der Waals surface area contributed by atoms with E-state index in [4.69, 9.17) is 4.74 Å². The van der Waals surface area contributed by atoms with Crippen LogP contribution < -0.4 is 10.7 Å². The number of ether oxygens (including phenoxy) is 1. The molecule has 1 fully saturated rings. The van der Waals surface area contributed by atoms with E-state index in [2.05, 4.69) is 36.2 Å². The lowest BCUT2D eigenvalue weighted by molar-refractivity contribution is -0.0625. The summed E-state index contributed by atoms with van der Waals surface area (Å²) in [5.41, 5.74) is 1.75. The maximum Gasteiger partial charge on any atom is 0.164 e. The summed E-state index contributed by atoms with van der Waals surface area (Å²) in [5.74, 6) is 0.583. The largest absolute Gasteiger partial charge is 0.388 e. The van der Waals surface area contributed by atoms with E-state index < -0.39 is 31.4 Å². The number of fused-ring (bicyclic) bond motifs is 1. The van der Waals surface area contributed by atoms with E-state index in [1.54, 1.807) is 4.90 Å². The van der Waals surface area contributed by atoms with Gasteiger partial charge in [0.2, 0.25) is 0 Å². The molecule has 0 radical (unpaired) electrons. The first-order valence-electron chi connectivity index (χ1n) is 8.49. The average Bonchev–Trinajstić information content (AvgIpc) is 2.96. The minimum Gasteiger partial charge on any atom is -0.388 e. The molecule has 0 saturated carbocycles. The predicted octanol–water partition coefficient (Wildman–Crippen LogP) is 0.260. The van der Waals surface area contributed by atoms with Gasteiger partial charge in [0, 0.05) is 17.1 Å². The Morgan fingerprint density at radius 1 is 1.40 bits per heavy atom. The second-order valence-corrected chi connectivity index (χ2v) is 12.1. The number of aromatic amines is 1. The molecule has 0 spiro atoms. The number of aryl methyl sites for hydroxylation is 1. The van der Waals surface area contributed by atoms with Crippen LogP contribution in [0.5, 0.6) is 0 Å². The number of rotatable bonds is 4. The van der Waals surface area contributed by atoms with Crippen molar-refractivity contribution in [3.05, 3.63) is 34.9 Å². The number of nitrogens with zero attached hydrogens (tertiary/aromatic N) is 2. The van der Waals surface area contributed by atoms with Crippen LogP contribution in [-0.2, 0) is 4.74 Å². The second-order valence-electron chi connectivity index (χ2n) is 7.89. The highest BCUT2D eigenvalue weighted by molar-refractivity contribution is 7.72. The highest BCUT2D eigenvalue weighted by atomic mass is 31.2. The van der Waals surface area contributed by atoms with E-state index in [1.807, 2.05) is 26.1 Å². The monoisotopic (exact) mass is 365 g/mol. The lowest BCUT2D eigenvalue weighted by Crippen LogP contribution is -2.44. The molecule has 3 N–H and O–H groups in total. The minimum absolute atomic E-state index is 0.107. The van der Waals surface area contributed by atoms with Gasteiger partial charge in [-0.3, -0.25) is 0 Å². The van der Waals surface area contributed by atoms with Gasteiger partial charge in [-0.15, -0.1) is 13.2 Å². The lowest BCUT2D eigenvalue weighted by atomic mass is 10.00. The molecule has 1 aromatic heterocycles. The minimum atomic E-state index is -1.26. The van der Waals surface area contributed by atoms with Crippen molar-refractivity contribution < 1.29 is 14.9 Å². The van der Waals surface area contributed by atoms with Gasteiger partial charge in [0.25, 0.3) is 0 Å². The fourth-order valence-corrected chi connectivity index (χ4v) is 5.46. The van der Waals surface area contributed by atoms with E-state index in [-0.39, 0.29) is 5.92 Å². The smallest absolute Gasteiger partial charge is 0.164 e. The summed E-state index contributed by atoms with van der Waals surface area (Å²) < 4.78 is 6.08. The fraction of sp³-hybridized carbons (Fsp3) is 0.556. The van der Waals surface area contributed by atoms with Crippen LogP contribution in [0.25, 0.3) is 6.20 Å². The molecule has 7 heteroatoms. The van der Waals surface area contributed by atoms with Crippen LogP contribution >= 0.6 is 6.89 Å². The first-order valence-corrected chi connectivity index (χ1v) is 11.5. The molecule has 5 atom stereocenters. The first-order chi connectivity index (χ1) is 11.6. The molecule has 3 heterocycles. The third-order valence-electron chi connectivity index (χ3n) is 4.67. The van der Waals surface area contributed by atoms with Crippen LogP contribution in [-0.4, -0.2) is 70.4 Å². The Labute approximate surface area is 148 Å². The molecule has 0 aliphatic carbocycles.